The van der Waals surface area contributed by atoms with Gasteiger partial charge in [-0.05, 0) is 30.5 Å². The summed E-state index contributed by atoms with van der Waals surface area (Å²) in [5.74, 6) is 0.518. The Morgan fingerprint density at radius 2 is 1.91 bits per heavy atom. The molecule has 1 aliphatic rings. The number of hydrazone groups is 1. The van der Waals surface area contributed by atoms with Crippen molar-refractivity contribution in [1.82, 2.24) is 5.43 Å². The molecule has 5 heteroatoms. The molecular formula is C18H19N3O2. The first-order chi connectivity index (χ1) is 11.3. The maximum atomic E-state index is 12.0. The number of carbonyl (C=O) groups is 1. The summed E-state index contributed by atoms with van der Waals surface area (Å²) in [7, 11) is 1.60. The van der Waals surface area contributed by atoms with E-state index in [4.69, 9.17) is 4.74 Å². The summed E-state index contributed by atoms with van der Waals surface area (Å²) in [5, 5.41) is 7.32. The third-order valence-corrected chi connectivity index (χ3v) is 3.82. The van der Waals surface area contributed by atoms with Crippen molar-refractivity contribution in [2.24, 2.45) is 5.10 Å². The minimum absolute atomic E-state index is 0.138. The van der Waals surface area contributed by atoms with E-state index >= 15 is 0 Å². The molecule has 2 N–H and O–H groups in total. The lowest BCUT2D eigenvalue weighted by Crippen LogP contribution is -2.27. The van der Waals surface area contributed by atoms with Crippen molar-refractivity contribution < 1.29 is 9.53 Å². The third-order valence-electron chi connectivity index (χ3n) is 3.82. The van der Waals surface area contributed by atoms with Gasteiger partial charge in [-0.25, -0.2) is 5.43 Å². The molecule has 0 saturated carbocycles. The number of aryl methyl sites for hydroxylation is 1. The first kappa shape index (κ1) is 15.1. The van der Waals surface area contributed by atoms with Crippen LogP contribution in [0.2, 0.25) is 0 Å². The zero-order valence-corrected chi connectivity index (χ0v) is 13.0. The van der Waals surface area contributed by atoms with Gasteiger partial charge in [-0.15, -0.1) is 0 Å². The largest absolute Gasteiger partial charge is 0.495 e. The molecule has 1 aliphatic carbocycles. The van der Waals surface area contributed by atoms with Crippen molar-refractivity contribution in [2.75, 3.05) is 19.0 Å². The Balaban J connectivity index is 1.57. The van der Waals surface area contributed by atoms with Gasteiger partial charge in [0.1, 0.15) is 5.75 Å². The fraction of sp³-hybridized carbons (Fsp3) is 0.222. The normalized spacial score (nSPS) is 14.4. The number of fused-ring (bicyclic) bond motifs is 1. The molecule has 0 radical (unpaired) electrons. The van der Waals surface area contributed by atoms with E-state index in [2.05, 4.69) is 21.9 Å². The van der Waals surface area contributed by atoms with Gasteiger partial charge < -0.3 is 10.1 Å². The average molecular weight is 309 g/mol. The molecule has 3 rings (SSSR count). The number of nitrogens with zero attached hydrogens (tertiary/aromatic N) is 1. The number of rotatable bonds is 5. The van der Waals surface area contributed by atoms with Gasteiger partial charge in [0.25, 0.3) is 5.91 Å². The summed E-state index contributed by atoms with van der Waals surface area (Å²) in [5.41, 5.74) is 6.75. The molecule has 0 aromatic heterocycles. The predicted octanol–water partition coefficient (Wildman–Crippen LogP) is 2.57. The smallest absolute Gasteiger partial charge is 0.259 e. The number of amides is 1. The van der Waals surface area contributed by atoms with E-state index in [9.17, 15) is 4.79 Å². The second kappa shape index (κ2) is 6.96. The second-order valence-electron chi connectivity index (χ2n) is 5.30. The number of hydrogen-bond acceptors (Lipinski definition) is 4. The number of benzene rings is 2. The predicted molar refractivity (Wildman–Crippen MR) is 90.9 cm³/mol. The van der Waals surface area contributed by atoms with Gasteiger partial charge in [-0.2, -0.15) is 5.10 Å². The number of carbonyl (C=O) groups excluding carboxylic acids is 1. The Labute approximate surface area is 135 Å². The highest BCUT2D eigenvalue weighted by Crippen LogP contribution is 2.23. The van der Waals surface area contributed by atoms with Crippen LogP contribution in [0.3, 0.4) is 0 Å². The SMILES string of the molecule is COc1ccccc1NCC(=O)N/N=C1\CCc2ccccc21. The number of para-hydroxylation sites is 2. The average Bonchev–Trinajstić information content (AvgIpc) is 3.01. The van der Waals surface area contributed by atoms with Crippen LogP contribution in [-0.2, 0) is 11.2 Å². The summed E-state index contributed by atoms with van der Waals surface area (Å²) in [6.07, 6.45) is 1.84. The van der Waals surface area contributed by atoms with Gasteiger partial charge in [-0.3, -0.25) is 4.79 Å². The molecule has 0 unspecified atom stereocenters. The number of ether oxygens (including phenoxy) is 1. The number of hydrogen-bond donors (Lipinski definition) is 2. The van der Waals surface area contributed by atoms with Crippen LogP contribution in [0.5, 0.6) is 5.75 Å². The van der Waals surface area contributed by atoms with E-state index in [-0.39, 0.29) is 12.5 Å². The molecule has 5 nitrogen and oxygen atoms in total. The first-order valence-corrected chi connectivity index (χ1v) is 7.58. The molecule has 0 bridgehead atoms. The second-order valence-corrected chi connectivity index (χ2v) is 5.30. The molecule has 0 saturated heterocycles. The standard InChI is InChI=1S/C18H19N3O2/c1-23-17-9-5-4-8-16(17)19-12-18(22)21-20-15-11-10-13-6-2-3-7-14(13)15/h2-9,19H,10-12H2,1H3,(H,21,22)/b20-15+. The van der Waals surface area contributed by atoms with Gasteiger partial charge in [0, 0.05) is 5.56 Å². The molecule has 0 fully saturated rings. The van der Waals surface area contributed by atoms with Crippen molar-refractivity contribution in [2.45, 2.75) is 12.8 Å². The molecule has 2 aromatic carbocycles. The van der Waals surface area contributed by atoms with E-state index < -0.39 is 0 Å². The van der Waals surface area contributed by atoms with Gasteiger partial charge >= 0.3 is 0 Å². The lowest BCUT2D eigenvalue weighted by atomic mass is 10.1. The lowest BCUT2D eigenvalue weighted by Gasteiger charge is -2.10. The van der Waals surface area contributed by atoms with E-state index in [1.807, 2.05) is 42.5 Å². The van der Waals surface area contributed by atoms with Gasteiger partial charge in [0.15, 0.2) is 0 Å². The van der Waals surface area contributed by atoms with Crippen molar-refractivity contribution in [3.8, 4) is 5.75 Å². The summed E-state index contributed by atoms with van der Waals surface area (Å²) in [6, 6.07) is 15.6. The maximum absolute atomic E-state index is 12.0. The molecular weight excluding hydrogens is 290 g/mol. The van der Waals surface area contributed by atoms with Crippen LogP contribution < -0.4 is 15.5 Å². The highest BCUT2D eigenvalue weighted by atomic mass is 16.5. The monoisotopic (exact) mass is 309 g/mol. The quantitative estimate of drug-likeness (QED) is 0.835. The summed E-state index contributed by atoms with van der Waals surface area (Å²) >= 11 is 0. The minimum Gasteiger partial charge on any atom is -0.495 e. The van der Waals surface area contributed by atoms with Crippen LogP contribution in [0.4, 0.5) is 5.69 Å². The molecule has 118 valence electrons. The Morgan fingerprint density at radius 1 is 1.13 bits per heavy atom. The summed E-state index contributed by atoms with van der Waals surface area (Å²) < 4.78 is 5.24. The molecule has 0 heterocycles. The van der Waals surface area contributed by atoms with E-state index in [0.29, 0.717) is 5.75 Å². The number of methoxy groups -OCH3 is 1. The van der Waals surface area contributed by atoms with Crippen LogP contribution in [0.25, 0.3) is 0 Å². The van der Waals surface area contributed by atoms with Crippen LogP contribution in [0.1, 0.15) is 17.5 Å². The fourth-order valence-corrected chi connectivity index (χ4v) is 2.66. The van der Waals surface area contributed by atoms with E-state index in [0.717, 1.165) is 29.8 Å². The third kappa shape index (κ3) is 3.51. The van der Waals surface area contributed by atoms with Gasteiger partial charge in [0.05, 0.1) is 25.1 Å². The fourth-order valence-electron chi connectivity index (χ4n) is 2.66. The molecule has 1 amide bonds. The van der Waals surface area contributed by atoms with E-state index in [1.165, 1.54) is 5.56 Å². The Morgan fingerprint density at radius 3 is 2.78 bits per heavy atom. The lowest BCUT2D eigenvalue weighted by molar-refractivity contribution is -0.119. The van der Waals surface area contributed by atoms with Crippen LogP contribution >= 0.6 is 0 Å². The van der Waals surface area contributed by atoms with Gasteiger partial charge in [-0.1, -0.05) is 36.4 Å². The highest BCUT2D eigenvalue weighted by Gasteiger charge is 2.17. The maximum Gasteiger partial charge on any atom is 0.259 e. The summed E-state index contributed by atoms with van der Waals surface area (Å²) in [6.45, 7) is 0.138. The number of anilines is 1. The molecule has 0 aliphatic heterocycles. The molecule has 0 spiro atoms. The minimum atomic E-state index is -0.187. The highest BCUT2D eigenvalue weighted by molar-refractivity contribution is 6.04. The number of nitrogens with one attached hydrogen (secondary N) is 2. The van der Waals surface area contributed by atoms with Crippen LogP contribution in [0.15, 0.2) is 53.6 Å². The van der Waals surface area contributed by atoms with Gasteiger partial charge in [0.2, 0.25) is 0 Å². The zero-order chi connectivity index (χ0) is 16.1. The Kier molecular flexibility index (Phi) is 4.57. The van der Waals surface area contributed by atoms with Crippen molar-refractivity contribution in [3.05, 3.63) is 59.7 Å². The van der Waals surface area contributed by atoms with Crippen molar-refractivity contribution in [1.29, 1.82) is 0 Å². The Bertz CT molecular complexity index is 741. The summed E-state index contributed by atoms with van der Waals surface area (Å²) in [4.78, 5) is 12.0. The Hall–Kier alpha value is -2.82. The molecule has 0 atom stereocenters. The van der Waals surface area contributed by atoms with Crippen LogP contribution in [-0.4, -0.2) is 25.3 Å². The van der Waals surface area contributed by atoms with E-state index in [1.54, 1.807) is 7.11 Å². The molecule has 2 aromatic rings. The van der Waals surface area contributed by atoms with Crippen molar-refractivity contribution >= 4 is 17.3 Å². The van der Waals surface area contributed by atoms with Crippen LogP contribution in [0, 0.1) is 0 Å². The first-order valence-electron chi connectivity index (χ1n) is 7.58. The molecule has 23 heavy (non-hydrogen) atoms. The van der Waals surface area contributed by atoms with Crippen molar-refractivity contribution in [3.63, 3.8) is 0 Å². The topological polar surface area (TPSA) is 62.7 Å². The zero-order valence-electron chi connectivity index (χ0n) is 13.0.